The molecule has 0 aromatic rings. The summed E-state index contributed by atoms with van der Waals surface area (Å²) in [7, 11) is 0. The molecule has 0 spiro atoms. The standard InChI is InChI=1S/C26H47B/c1-9-11-20(10-2)27(23-14-18-12-21(16(23)3)25(18,5)6)24-15-19-13-22(17(24)4)26(19,7)8/h16-24H,9-15H2,1-8H3/t16-,17-,18+,19+,20-,21-,22-,23-,24-/m1/s1. The van der Waals surface area contributed by atoms with Crippen LogP contribution in [0, 0.1) is 46.3 Å². The molecule has 27 heavy (non-hydrogen) atoms. The second-order valence-corrected chi connectivity index (χ2v) is 12.8. The van der Waals surface area contributed by atoms with Gasteiger partial charge in [0.25, 0.3) is 0 Å². The molecule has 0 aliphatic heterocycles. The van der Waals surface area contributed by atoms with Crippen molar-refractivity contribution in [3.05, 3.63) is 0 Å². The Kier molecular flexibility index (Phi) is 5.12. The SMILES string of the molecule is CCC[C@@H](CC)B([C@@H]1C[C@@H]2C[C@H]([C@H]1C)C2(C)C)[C@@H]1C[C@@H]2C[C@H]([C@H]1C)C2(C)C. The van der Waals surface area contributed by atoms with E-state index in [9.17, 15) is 0 Å². The van der Waals surface area contributed by atoms with Crippen LogP contribution in [0.2, 0.25) is 17.5 Å². The van der Waals surface area contributed by atoms with Crippen LogP contribution in [0.5, 0.6) is 0 Å². The molecule has 0 radical (unpaired) electrons. The van der Waals surface area contributed by atoms with Crippen molar-refractivity contribution in [1.82, 2.24) is 0 Å². The summed E-state index contributed by atoms with van der Waals surface area (Å²) < 4.78 is 0. The fourth-order valence-electron chi connectivity index (χ4n) is 9.45. The van der Waals surface area contributed by atoms with Crippen molar-refractivity contribution in [3.63, 3.8) is 0 Å². The third kappa shape index (κ3) is 2.83. The topological polar surface area (TPSA) is 0 Å². The van der Waals surface area contributed by atoms with Crippen LogP contribution in [-0.4, -0.2) is 6.71 Å². The lowest BCUT2D eigenvalue weighted by molar-refractivity contribution is -0.108. The fraction of sp³-hybridized carbons (Fsp3) is 1.00. The Morgan fingerprint density at radius 3 is 1.52 bits per heavy atom. The van der Waals surface area contributed by atoms with E-state index in [1.807, 2.05) is 0 Å². The maximum atomic E-state index is 2.66. The molecule has 0 aromatic carbocycles. The molecule has 0 heterocycles. The highest BCUT2D eigenvalue weighted by atomic mass is 14.6. The summed E-state index contributed by atoms with van der Waals surface area (Å²) in [6.07, 6.45) is 10.5. The quantitative estimate of drug-likeness (QED) is 0.413. The Labute approximate surface area is 171 Å². The Morgan fingerprint density at radius 2 is 1.22 bits per heavy atom. The van der Waals surface area contributed by atoms with Gasteiger partial charge in [0.2, 0.25) is 0 Å². The van der Waals surface area contributed by atoms with Gasteiger partial charge in [0.1, 0.15) is 6.71 Å². The first-order valence-electron chi connectivity index (χ1n) is 12.6. The van der Waals surface area contributed by atoms with E-state index in [-0.39, 0.29) is 0 Å². The van der Waals surface area contributed by atoms with E-state index >= 15 is 0 Å². The van der Waals surface area contributed by atoms with Crippen molar-refractivity contribution in [2.24, 2.45) is 46.3 Å². The smallest absolute Gasteiger partial charge is 0.0658 e. The van der Waals surface area contributed by atoms with Gasteiger partial charge in [-0.05, 0) is 59.2 Å². The van der Waals surface area contributed by atoms with E-state index in [1.54, 1.807) is 25.7 Å². The lowest BCUT2D eigenvalue weighted by Gasteiger charge is -2.67. The zero-order valence-electron chi connectivity index (χ0n) is 19.7. The highest BCUT2D eigenvalue weighted by Gasteiger charge is 2.62. The second-order valence-electron chi connectivity index (χ2n) is 12.8. The molecule has 4 bridgehead atoms. The van der Waals surface area contributed by atoms with Crippen molar-refractivity contribution < 1.29 is 0 Å². The van der Waals surface area contributed by atoms with Crippen LogP contribution in [0.3, 0.4) is 0 Å². The van der Waals surface area contributed by atoms with Crippen LogP contribution >= 0.6 is 0 Å². The molecule has 154 valence electrons. The van der Waals surface area contributed by atoms with Crippen LogP contribution in [0.15, 0.2) is 0 Å². The van der Waals surface area contributed by atoms with Crippen LogP contribution in [0.25, 0.3) is 0 Å². The summed E-state index contributed by atoms with van der Waals surface area (Å²) in [5.74, 6) is 9.00. The minimum Gasteiger partial charge on any atom is -0.0658 e. The molecule has 0 saturated heterocycles. The maximum Gasteiger partial charge on any atom is 0.150 e. The molecular weight excluding hydrogens is 323 g/mol. The van der Waals surface area contributed by atoms with E-state index in [2.05, 4.69) is 55.4 Å². The van der Waals surface area contributed by atoms with Crippen molar-refractivity contribution in [2.45, 2.75) is 118 Å². The van der Waals surface area contributed by atoms with Gasteiger partial charge in [-0.1, -0.05) is 105 Å². The lowest BCUT2D eigenvalue weighted by atomic mass is 9.17. The molecule has 1 heteroatoms. The molecule has 9 atom stereocenters. The van der Waals surface area contributed by atoms with Crippen molar-refractivity contribution in [3.8, 4) is 0 Å². The molecule has 6 aliphatic rings. The Hall–Kier alpha value is 0.0649. The summed E-state index contributed by atoms with van der Waals surface area (Å²) in [5, 5.41) is 0. The van der Waals surface area contributed by atoms with E-state index in [0.717, 1.165) is 59.7 Å². The first kappa shape index (κ1) is 20.3. The van der Waals surface area contributed by atoms with Gasteiger partial charge in [0, 0.05) is 0 Å². The number of rotatable bonds is 6. The molecule has 6 aliphatic carbocycles. The lowest BCUT2D eigenvalue weighted by Crippen LogP contribution is -2.60. The third-order valence-corrected chi connectivity index (χ3v) is 11.5. The molecule has 0 unspecified atom stereocenters. The van der Waals surface area contributed by atoms with Crippen LogP contribution < -0.4 is 0 Å². The van der Waals surface area contributed by atoms with Gasteiger partial charge in [-0.2, -0.15) is 0 Å². The van der Waals surface area contributed by atoms with Crippen molar-refractivity contribution in [1.29, 1.82) is 0 Å². The minimum absolute atomic E-state index is 0.634. The van der Waals surface area contributed by atoms with E-state index in [0.29, 0.717) is 10.8 Å². The predicted molar refractivity (Wildman–Crippen MR) is 121 cm³/mol. The highest BCUT2D eigenvalue weighted by molar-refractivity contribution is 6.64. The number of fused-ring (bicyclic) bond motifs is 4. The molecule has 0 amide bonds. The van der Waals surface area contributed by atoms with Crippen LogP contribution in [0.4, 0.5) is 0 Å². The maximum absolute atomic E-state index is 2.66. The molecule has 6 fully saturated rings. The number of hydrogen-bond donors (Lipinski definition) is 0. The van der Waals surface area contributed by atoms with Gasteiger partial charge < -0.3 is 0 Å². The first-order valence-corrected chi connectivity index (χ1v) is 12.6. The fourth-order valence-corrected chi connectivity index (χ4v) is 9.45. The van der Waals surface area contributed by atoms with Crippen LogP contribution in [0.1, 0.15) is 100 Å². The summed E-state index contributed by atoms with van der Waals surface area (Å²) in [4.78, 5) is 0. The van der Waals surface area contributed by atoms with Crippen molar-refractivity contribution >= 4 is 6.71 Å². The Morgan fingerprint density at radius 1 is 0.778 bits per heavy atom. The summed E-state index contributed by atoms with van der Waals surface area (Å²) in [5.41, 5.74) is 1.27. The first-order chi connectivity index (χ1) is 12.6. The molecule has 0 N–H and O–H groups in total. The largest absolute Gasteiger partial charge is 0.150 e. The average Bonchev–Trinajstić information content (AvgIpc) is 2.62. The van der Waals surface area contributed by atoms with Gasteiger partial charge in [-0.15, -0.1) is 0 Å². The van der Waals surface area contributed by atoms with E-state index in [1.165, 1.54) is 19.3 Å². The summed E-state index contributed by atoms with van der Waals surface area (Å²) in [6.45, 7) is 21.6. The zero-order valence-corrected chi connectivity index (χ0v) is 19.7. The third-order valence-electron chi connectivity index (χ3n) is 11.5. The van der Waals surface area contributed by atoms with Gasteiger partial charge in [0.05, 0.1) is 0 Å². The molecular formula is C26H47B. The predicted octanol–water partition coefficient (Wildman–Crippen LogP) is 8.21. The zero-order chi connectivity index (χ0) is 19.7. The van der Waals surface area contributed by atoms with Crippen LogP contribution in [-0.2, 0) is 0 Å². The average molecular weight is 370 g/mol. The highest BCUT2D eigenvalue weighted by Crippen LogP contribution is 2.70. The van der Waals surface area contributed by atoms with Gasteiger partial charge in [0.15, 0.2) is 0 Å². The normalized spacial score (nSPS) is 47.6. The summed E-state index contributed by atoms with van der Waals surface area (Å²) >= 11 is 0. The molecule has 0 aromatic heterocycles. The van der Waals surface area contributed by atoms with E-state index < -0.39 is 0 Å². The Balaban J connectivity index is 1.61. The number of hydrogen-bond acceptors (Lipinski definition) is 0. The van der Waals surface area contributed by atoms with Crippen molar-refractivity contribution in [2.75, 3.05) is 0 Å². The molecule has 6 rings (SSSR count). The monoisotopic (exact) mass is 370 g/mol. The second kappa shape index (κ2) is 6.80. The van der Waals surface area contributed by atoms with Gasteiger partial charge in [-0.3, -0.25) is 0 Å². The molecule has 6 saturated carbocycles. The summed E-state index contributed by atoms with van der Waals surface area (Å²) in [6, 6.07) is 0. The molecule has 0 nitrogen and oxygen atoms in total. The Bertz CT molecular complexity index is 506. The van der Waals surface area contributed by atoms with E-state index in [4.69, 9.17) is 0 Å². The van der Waals surface area contributed by atoms with Gasteiger partial charge in [-0.25, -0.2) is 0 Å². The van der Waals surface area contributed by atoms with Gasteiger partial charge >= 0.3 is 0 Å². The minimum atomic E-state index is 0.634.